The van der Waals surface area contributed by atoms with E-state index in [0.717, 1.165) is 18.4 Å². The van der Waals surface area contributed by atoms with Crippen molar-refractivity contribution in [1.82, 2.24) is 15.1 Å². The molecule has 11 heteroatoms. The minimum atomic E-state index is -0.866. The lowest BCUT2D eigenvalue weighted by atomic mass is 9.89. The number of nitrogens with one attached hydrogen (secondary N) is 1. The molecule has 1 aromatic rings. The number of amides is 3. The Morgan fingerprint density at radius 1 is 1.04 bits per heavy atom. The van der Waals surface area contributed by atoms with Crippen molar-refractivity contribution in [3.63, 3.8) is 0 Å². The van der Waals surface area contributed by atoms with Gasteiger partial charge in [0.15, 0.2) is 0 Å². The van der Waals surface area contributed by atoms with E-state index in [1.807, 2.05) is 58.0 Å². The number of methoxy groups -OCH3 is 3. The third kappa shape index (κ3) is 9.98. The van der Waals surface area contributed by atoms with E-state index in [-0.39, 0.29) is 54.5 Å². The minimum absolute atomic E-state index is 0.0306. The van der Waals surface area contributed by atoms with E-state index in [1.165, 1.54) is 14.2 Å². The lowest BCUT2D eigenvalue weighted by molar-refractivity contribution is -0.148. The van der Waals surface area contributed by atoms with Crippen LogP contribution in [-0.4, -0.2) is 105 Å². The molecule has 254 valence electrons. The predicted octanol–water partition coefficient (Wildman–Crippen LogP) is 2.79. The maximum atomic E-state index is 13.9. The van der Waals surface area contributed by atoms with Gasteiger partial charge in [-0.25, -0.2) is 4.79 Å². The summed E-state index contributed by atoms with van der Waals surface area (Å²) in [6.45, 7) is 10.2. The first-order chi connectivity index (χ1) is 21.3. The summed E-state index contributed by atoms with van der Waals surface area (Å²) in [6, 6.07) is 7.18. The number of nitrogens with two attached hydrogens (primary N) is 1. The minimum Gasteiger partial charge on any atom is -0.467 e. The molecule has 8 atom stereocenters. The highest BCUT2D eigenvalue weighted by Gasteiger charge is 2.42. The molecule has 1 aliphatic heterocycles. The largest absolute Gasteiger partial charge is 0.467 e. The standard InChI is InChI=1S/C34H56N4O7/c1-10-22(4)30(37(6)33(41)29(35)21(2)3)27(43-7)20-28(39)38-18-14-17-26(38)31(44-8)23(5)32(40)36-25(34(42)45-9)19-24-15-12-11-13-16-24/h11-13,15-16,21-23,25-27,29-31H,10,14,17-20,35H2,1-9H3,(H,36,40)/t22-,23+,25-,26-,27+,29-,30?,31+/m0/s1. The van der Waals surface area contributed by atoms with Gasteiger partial charge in [-0.1, -0.05) is 71.4 Å². The number of benzene rings is 1. The van der Waals surface area contributed by atoms with Crippen LogP contribution in [0.2, 0.25) is 0 Å². The van der Waals surface area contributed by atoms with Gasteiger partial charge < -0.3 is 35.1 Å². The maximum Gasteiger partial charge on any atom is 0.328 e. The topological polar surface area (TPSA) is 141 Å². The first-order valence-electron chi connectivity index (χ1n) is 16.1. The lowest BCUT2D eigenvalue weighted by Crippen LogP contribution is -2.56. The molecular weight excluding hydrogens is 576 g/mol. The fraction of sp³-hybridized carbons (Fsp3) is 0.706. The molecule has 1 fully saturated rings. The number of hydrogen-bond donors (Lipinski definition) is 2. The molecule has 2 rings (SSSR count). The zero-order chi connectivity index (χ0) is 33.8. The smallest absolute Gasteiger partial charge is 0.328 e. The fourth-order valence-electron chi connectivity index (χ4n) is 6.31. The normalized spacial score (nSPS) is 19.6. The molecule has 0 aromatic heterocycles. The molecule has 1 aromatic carbocycles. The van der Waals surface area contributed by atoms with E-state index >= 15 is 0 Å². The number of esters is 1. The lowest BCUT2D eigenvalue weighted by Gasteiger charge is -2.40. The highest BCUT2D eigenvalue weighted by atomic mass is 16.5. The van der Waals surface area contributed by atoms with Crippen LogP contribution in [0.4, 0.5) is 0 Å². The average Bonchev–Trinajstić information content (AvgIpc) is 3.52. The first-order valence-corrected chi connectivity index (χ1v) is 16.1. The zero-order valence-electron chi connectivity index (χ0n) is 28.7. The molecule has 0 bridgehead atoms. The number of rotatable bonds is 17. The number of ether oxygens (including phenoxy) is 3. The van der Waals surface area contributed by atoms with Crippen molar-refractivity contribution in [2.75, 3.05) is 34.9 Å². The van der Waals surface area contributed by atoms with E-state index in [9.17, 15) is 19.2 Å². The van der Waals surface area contributed by atoms with Crippen LogP contribution in [0.25, 0.3) is 0 Å². The Morgan fingerprint density at radius 2 is 1.69 bits per heavy atom. The Balaban J connectivity index is 2.22. The maximum absolute atomic E-state index is 13.9. The highest BCUT2D eigenvalue weighted by Crippen LogP contribution is 2.29. The Hall–Kier alpha value is -3.02. The number of likely N-dealkylation sites (N-methyl/N-ethyl adjacent to an activating group) is 1. The van der Waals surface area contributed by atoms with Gasteiger partial charge in [0, 0.05) is 34.2 Å². The highest BCUT2D eigenvalue weighted by molar-refractivity contribution is 5.86. The summed E-state index contributed by atoms with van der Waals surface area (Å²) in [5, 5.41) is 2.85. The number of carbonyl (C=O) groups is 4. The Kier molecular flexibility index (Phi) is 15.4. The summed E-state index contributed by atoms with van der Waals surface area (Å²) in [5.41, 5.74) is 7.10. The predicted molar refractivity (Wildman–Crippen MR) is 173 cm³/mol. The molecule has 0 saturated carbocycles. The first kappa shape index (κ1) is 38.2. The monoisotopic (exact) mass is 632 g/mol. The fourth-order valence-corrected chi connectivity index (χ4v) is 6.31. The van der Waals surface area contributed by atoms with Gasteiger partial charge in [-0.2, -0.15) is 0 Å². The molecule has 3 N–H and O–H groups in total. The number of carbonyl (C=O) groups excluding carboxylic acids is 4. The summed E-state index contributed by atoms with van der Waals surface area (Å²) in [5.74, 6) is -1.84. The van der Waals surface area contributed by atoms with Crippen LogP contribution in [0.1, 0.15) is 65.9 Å². The summed E-state index contributed by atoms with van der Waals surface area (Å²) in [6.07, 6.45) is 1.40. The molecule has 0 aliphatic carbocycles. The second-order valence-corrected chi connectivity index (χ2v) is 12.6. The second kappa shape index (κ2) is 18.2. The van der Waals surface area contributed by atoms with Gasteiger partial charge in [-0.05, 0) is 30.2 Å². The third-order valence-corrected chi connectivity index (χ3v) is 9.35. The SMILES string of the molecule is CC[C@H](C)C([C@@H](CC(=O)N1CCC[C@H]1[C@H](OC)[C@@H](C)C(=O)N[C@@H](Cc1ccccc1)C(=O)OC)OC)N(C)C(=O)[C@@H](N)C(C)C. The van der Waals surface area contributed by atoms with Gasteiger partial charge in [0.1, 0.15) is 6.04 Å². The summed E-state index contributed by atoms with van der Waals surface area (Å²) in [7, 11) is 6.12. The Bertz CT molecular complexity index is 1100. The van der Waals surface area contributed by atoms with E-state index in [2.05, 4.69) is 5.32 Å². The van der Waals surface area contributed by atoms with Gasteiger partial charge in [-0.3, -0.25) is 14.4 Å². The second-order valence-electron chi connectivity index (χ2n) is 12.6. The van der Waals surface area contributed by atoms with Crippen molar-refractivity contribution < 1.29 is 33.4 Å². The van der Waals surface area contributed by atoms with Crippen LogP contribution in [0, 0.1) is 17.8 Å². The zero-order valence-corrected chi connectivity index (χ0v) is 28.7. The van der Waals surface area contributed by atoms with Crippen molar-refractivity contribution in [3.8, 4) is 0 Å². The van der Waals surface area contributed by atoms with Crippen molar-refractivity contribution in [2.45, 2.75) is 103 Å². The van der Waals surface area contributed by atoms with Crippen LogP contribution >= 0.6 is 0 Å². The van der Waals surface area contributed by atoms with Crippen molar-refractivity contribution in [3.05, 3.63) is 35.9 Å². The third-order valence-electron chi connectivity index (χ3n) is 9.35. The van der Waals surface area contributed by atoms with Crippen LogP contribution in [0.5, 0.6) is 0 Å². The molecule has 1 aliphatic rings. The summed E-state index contributed by atoms with van der Waals surface area (Å²) < 4.78 is 16.7. The molecule has 11 nitrogen and oxygen atoms in total. The number of hydrogen-bond acceptors (Lipinski definition) is 8. The van der Waals surface area contributed by atoms with Gasteiger partial charge in [0.05, 0.1) is 49.8 Å². The quantitative estimate of drug-likeness (QED) is 0.250. The molecule has 1 heterocycles. The Labute approximate surface area is 269 Å². The van der Waals surface area contributed by atoms with Crippen LogP contribution in [-0.2, 0) is 39.8 Å². The van der Waals surface area contributed by atoms with E-state index in [1.54, 1.807) is 30.9 Å². The van der Waals surface area contributed by atoms with Gasteiger partial charge in [0.2, 0.25) is 17.7 Å². The average molecular weight is 633 g/mol. The molecule has 0 radical (unpaired) electrons. The molecule has 0 spiro atoms. The molecular formula is C34H56N4O7. The van der Waals surface area contributed by atoms with Crippen molar-refractivity contribution in [2.24, 2.45) is 23.5 Å². The van der Waals surface area contributed by atoms with Gasteiger partial charge in [0.25, 0.3) is 0 Å². The van der Waals surface area contributed by atoms with E-state index in [0.29, 0.717) is 13.0 Å². The van der Waals surface area contributed by atoms with Gasteiger partial charge in [-0.15, -0.1) is 0 Å². The number of nitrogens with zero attached hydrogens (tertiary/aromatic N) is 2. The molecule has 1 saturated heterocycles. The number of likely N-dealkylation sites (tertiary alicyclic amines) is 1. The molecule has 3 amide bonds. The van der Waals surface area contributed by atoms with E-state index in [4.69, 9.17) is 19.9 Å². The molecule has 45 heavy (non-hydrogen) atoms. The van der Waals surface area contributed by atoms with Crippen molar-refractivity contribution >= 4 is 23.7 Å². The van der Waals surface area contributed by atoms with Crippen LogP contribution in [0.15, 0.2) is 30.3 Å². The summed E-state index contributed by atoms with van der Waals surface area (Å²) in [4.78, 5) is 56.6. The van der Waals surface area contributed by atoms with E-state index < -0.39 is 36.2 Å². The van der Waals surface area contributed by atoms with Gasteiger partial charge >= 0.3 is 5.97 Å². The summed E-state index contributed by atoms with van der Waals surface area (Å²) >= 11 is 0. The molecule has 1 unspecified atom stereocenters. The van der Waals surface area contributed by atoms with Crippen LogP contribution in [0.3, 0.4) is 0 Å². The van der Waals surface area contributed by atoms with Crippen LogP contribution < -0.4 is 11.1 Å². The Morgan fingerprint density at radius 3 is 2.22 bits per heavy atom. The van der Waals surface area contributed by atoms with Crippen molar-refractivity contribution in [1.29, 1.82) is 0 Å².